The molecular formula is C3H8IO-. The summed E-state index contributed by atoms with van der Waals surface area (Å²) in [6.45, 7) is 3.44. The van der Waals surface area contributed by atoms with Gasteiger partial charge >= 0.3 is 0 Å². The normalized spacial score (nSPS) is 7.20. The maximum Gasteiger partial charge on any atom is 0.0483 e. The zero-order valence-corrected chi connectivity index (χ0v) is 5.56. The van der Waals surface area contributed by atoms with Gasteiger partial charge in [-0.1, -0.05) is 0 Å². The van der Waals surface area contributed by atoms with Gasteiger partial charge in [-0.2, -0.15) is 0 Å². The monoisotopic (exact) mass is 187 g/mol. The Morgan fingerprint density at radius 1 is 1.40 bits per heavy atom. The standard InChI is InChI=1S/C3H8O.HI/c1-3(2)4;/h3-4H,1-2H3;1H/p-1. The Morgan fingerprint density at radius 2 is 1.40 bits per heavy atom. The molecule has 5 heavy (non-hydrogen) atoms. The van der Waals surface area contributed by atoms with E-state index in [1.54, 1.807) is 13.8 Å². The maximum absolute atomic E-state index is 8.06. The lowest BCUT2D eigenvalue weighted by Gasteiger charge is -1.80. The van der Waals surface area contributed by atoms with Gasteiger partial charge < -0.3 is 29.1 Å². The van der Waals surface area contributed by atoms with Crippen LogP contribution in [0.4, 0.5) is 0 Å². The molecular weight excluding hydrogens is 179 g/mol. The predicted octanol–water partition coefficient (Wildman–Crippen LogP) is -2.61. The van der Waals surface area contributed by atoms with E-state index in [4.69, 9.17) is 5.11 Å². The van der Waals surface area contributed by atoms with Gasteiger partial charge in [-0.3, -0.25) is 0 Å². The van der Waals surface area contributed by atoms with E-state index in [0.29, 0.717) is 0 Å². The lowest BCUT2D eigenvalue weighted by Crippen LogP contribution is -3.00. The summed E-state index contributed by atoms with van der Waals surface area (Å²) in [5.74, 6) is 0. The molecule has 0 aliphatic carbocycles. The van der Waals surface area contributed by atoms with Crippen molar-refractivity contribution in [2.45, 2.75) is 20.0 Å². The first-order chi connectivity index (χ1) is 1.73. The molecule has 0 spiro atoms. The van der Waals surface area contributed by atoms with Gasteiger partial charge in [-0.15, -0.1) is 0 Å². The molecule has 0 aromatic heterocycles. The molecule has 0 aromatic carbocycles. The number of aliphatic hydroxyl groups excluding tert-OH is 1. The van der Waals surface area contributed by atoms with Crippen molar-refractivity contribution in [2.24, 2.45) is 0 Å². The molecule has 0 bridgehead atoms. The fourth-order valence-corrected chi connectivity index (χ4v) is 0. The van der Waals surface area contributed by atoms with Gasteiger partial charge in [0.25, 0.3) is 0 Å². The zero-order valence-electron chi connectivity index (χ0n) is 3.40. The van der Waals surface area contributed by atoms with Crippen molar-refractivity contribution in [1.82, 2.24) is 0 Å². The summed E-state index contributed by atoms with van der Waals surface area (Å²) in [4.78, 5) is 0. The van der Waals surface area contributed by atoms with Gasteiger partial charge in [0.05, 0.1) is 0 Å². The van der Waals surface area contributed by atoms with Gasteiger partial charge in [0, 0.05) is 6.10 Å². The molecule has 0 amide bonds. The maximum atomic E-state index is 8.06. The van der Waals surface area contributed by atoms with Crippen LogP contribution in [0.1, 0.15) is 13.8 Å². The Morgan fingerprint density at radius 3 is 1.40 bits per heavy atom. The van der Waals surface area contributed by atoms with Crippen LogP contribution in [-0.2, 0) is 0 Å². The number of aliphatic hydroxyl groups is 1. The zero-order chi connectivity index (χ0) is 3.58. The number of rotatable bonds is 0. The van der Waals surface area contributed by atoms with Crippen LogP contribution in [0.2, 0.25) is 0 Å². The molecule has 0 saturated carbocycles. The van der Waals surface area contributed by atoms with Gasteiger partial charge in [0.15, 0.2) is 0 Å². The third-order valence-electron chi connectivity index (χ3n) is 0. The molecule has 0 radical (unpaired) electrons. The van der Waals surface area contributed by atoms with Crippen LogP contribution < -0.4 is 24.0 Å². The fraction of sp³-hybridized carbons (Fsp3) is 1.00. The minimum atomic E-state index is -0.167. The molecule has 0 unspecified atom stereocenters. The van der Waals surface area contributed by atoms with Crippen LogP contribution in [0.15, 0.2) is 0 Å². The van der Waals surface area contributed by atoms with Gasteiger partial charge in [0.2, 0.25) is 0 Å². The van der Waals surface area contributed by atoms with E-state index in [-0.39, 0.29) is 30.1 Å². The number of hydrogen-bond acceptors (Lipinski definition) is 1. The fourth-order valence-electron chi connectivity index (χ4n) is 0. The average Bonchev–Trinajstić information content (AvgIpc) is 0.811. The van der Waals surface area contributed by atoms with E-state index in [0.717, 1.165) is 0 Å². The van der Waals surface area contributed by atoms with Crippen LogP contribution in [0.3, 0.4) is 0 Å². The second kappa shape index (κ2) is 4.69. The van der Waals surface area contributed by atoms with Crippen molar-refractivity contribution in [1.29, 1.82) is 0 Å². The van der Waals surface area contributed by atoms with E-state index in [2.05, 4.69) is 0 Å². The summed E-state index contributed by atoms with van der Waals surface area (Å²) in [5, 5.41) is 8.06. The molecule has 0 fully saturated rings. The highest BCUT2D eigenvalue weighted by Crippen LogP contribution is 1.65. The van der Waals surface area contributed by atoms with E-state index in [1.807, 2.05) is 0 Å². The quantitative estimate of drug-likeness (QED) is 0.412. The highest BCUT2D eigenvalue weighted by Gasteiger charge is 1.69. The van der Waals surface area contributed by atoms with Crippen LogP contribution in [0.25, 0.3) is 0 Å². The summed E-state index contributed by atoms with van der Waals surface area (Å²) >= 11 is 0. The van der Waals surface area contributed by atoms with Crippen molar-refractivity contribution in [3.8, 4) is 0 Å². The summed E-state index contributed by atoms with van der Waals surface area (Å²) in [6.07, 6.45) is -0.167. The van der Waals surface area contributed by atoms with Crippen LogP contribution in [-0.4, -0.2) is 11.2 Å². The van der Waals surface area contributed by atoms with Crippen LogP contribution in [0, 0.1) is 0 Å². The first-order valence-electron chi connectivity index (χ1n) is 1.41. The molecule has 0 aliphatic heterocycles. The summed E-state index contributed by atoms with van der Waals surface area (Å²) in [7, 11) is 0. The number of hydrogen-bond donors (Lipinski definition) is 1. The van der Waals surface area contributed by atoms with Crippen molar-refractivity contribution in [3.05, 3.63) is 0 Å². The molecule has 0 heterocycles. The second-order valence-corrected chi connectivity index (χ2v) is 1.09. The molecule has 34 valence electrons. The Kier molecular flexibility index (Phi) is 8.62. The Bertz CT molecular complexity index is 11.6. The molecule has 0 rings (SSSR count). The minimum Gasteiger partial charge on any atom is -1.00 e. The second-order valence-electron chi connectivity index (χ2n) is 1.09. The van der Waals surface area contributed by atoms with E-state index < -0.39 is 0 Å². The highest BCUT2D eigenvalue weighted by atomic mass is 127. The van der Waals surface area contributed by atoms with Gasteiger partial charge in [0.1, 0.15) is 0 Å². The Balaban J connectivity index is 0. The lowest BCUT2D eigenvalue weighted by molar-refractivity contribution is -0.00000343. The van der Waals surface area contributed by atoms with Crippen molar-refractivity contribution >= 4 is 0 Å². The summed E-state index contributed by atoms with van der Waals surface area (Å²) < 4.78 is 0. The first kappa shape index (κ1) is 9.19. The van der Waals surface area contributed by atoms with Gasteiger partial charge in [-0.25, -0.2) is 0 Å². The molecule has 1 N–H and O–H groups in total. The van der Waals surface area contributed by atoms with Crippen molar-refractivity contribution in [2.75, 3.05) is 0 Å². The third kappa shape index (κ3) is 71.3. The Labute approximate surface area is 49.4 Å². The topological polar surface area (TPSA) is 20.2 Å². The van der Waals surface area contributed by atoms with Crippen molar-refractivity contribution < 1.29 is 29.1 Å². The largest absolute Gasteiger partial charge is 1.00 e. The molecule has 0 saturated heterocycles. The first-order valence-corrected chi connectivity index (χ1v) is 1.41. The lowest BCUT2D eigenvalue weighted by atomic mass is 10.5. The molecule has 0 aliphatic rings. The van der Waals surface area contributed by atoms with E-state index in [1.165, 1.54) is 0 Å². The highest BCUT2D eigenvalue weighted by molar-refractivity contribution is 4.20. The summed E-state index contributed by atoms with van der Waals surface area (Å²) in [6, 6.07) is 0. The van der Waals surface area contributed by atoms with E-state index in [9.17, 15) is 0 Å². The average molecular weight is 187 g/mol. The Hall–Kier alpha value is 0.690. The van der Waals surface area contributed by atoms with Crippen LogP contribution >= 0.6 is 0 Å². The third-order valence-corrected chi connectivity index (χ3v) is 0. The minimum absolute atomic E-state index is 0. The molecule has 2 heteroatoms. The van der Waals surface area contributed by atoms with E-state index >= 15 is 0 Å². The van der Waals surface area contributed by atoms with Gasteiger partial charge in [-0.05, 0) is 13.8 Å². The number of halogens is 1. The summed E-state index contributed by atoms with van der Waals surface area (Å²) in [5.41, 5.74) is 0. The molecule has 0 atom stereocenters. The smallest absolute Gasteiger partial charge is 0.0483 e. The van der Waals surface area contributed by atoms with Crippen molar-refractivity contribution in [3.63, 3.8) is 0 Å². The molecule has 1 nitrogen and oxygen atoms in total. The SMILES string of the molecule is CC(C)O.[I-]. The van der Waals surface area contributed by atoms with Crippen LogP contribution in [0.5, 0.6) is 0 Å². The predicted molar refractivity (Wildman–Crippen MR) is 17.4 cm³/mol. The molecule has 0 aromatic rings.